The molecule has 0 unspecified atom stereocenters. The minimum atomic E-state index is 0.480. The van der Waals surface area contributed by atoms with Gasteiger partial charge in [0, 0.05) is 31.5 Å². The Bertz CT molecular complexity index is 381. The van der Waals surface area contributed by atoms with Gasteiger partial charge in [0.05, 0.1) is 0 Å². The summed E-state index contributed by atoms with van der Waals surface area (Å²) in [6.45, 7) is 5.14. The molecular formula is C13H20N4. The van der Waals surface area contributed by atoms with Crippen molar-refractivity contribution in [3.05, 3.63) is 24.0 Å². The Hall–Kier alpha value is -1.60. The zero-order valence-corrected chi connectivity index (χ0v) is 10.8. The lowest BCUT2D eigenvalue weighted by molar-refractivity contribution is 0.413. The molecule has 1 heterocycles. The molecule has 0 atom stereocenters. The molecule has 0 radical (unpaired) electrons. The monoisotopic (exact) mass is 232 g/mol. The van der Waals surface area contributed by atoms with Gasteiger partial charge in [-0.25, -0.2) is 4.98 Å². The number of pyridine rings is 1. The summed E-state index contributed by atoms with van der Waals surface area (Å²) < 4.78 is 0. The minimum absolute atomic E-state index is 0.480. The number of likely N-dealkylation sites (N-methyl/N-ethyl adjacent to an activating group) is 1. The van der Waals surface area contributed by atoms with E-state index in [0.717, 1.165) is 31.7 Å². The second-order valence-electron chi connectivity index (χ2n) is 4.30. The summed E-state index contributed by atoms with van der Waals surface area (Å²) in [7, 11) is 4.13. The van der Waals surface area contributed by atoms with Crippen LogP contribution in [0, 0.1) is 11.3 Å². The van der Waals surface area contributed by atoms with Crippen LogP contribution < -0.4 is 4.90 Å². The van der Waals surface area contributed by atoms with Crippen LogP contribution in [-0.4, -0.2) is 43.6 Å². The maximum Gasteiger partial charge on any atom is 0.142 e. The number of nitriles is 1. The molecule has 0 fully saturated rings. The van der Waals surface area contributed by atoms with Crippen LogP contribution in [-0.2, 0) is 0 Å². The average Bonchev–Trinajstić information content (AvgIpc) is 2.34. The second kappa shape index (κ2) is 6.87. The molecular weight excluding hydrogens is 212 g/mol. The minimum Gasteiger partial charge on any atom is -0.370 e. The molecule has 1 aromatic rings. The highest BCUT2D eigenvalue weighted by molar-refractivity contribution is 5.48. The van der Waals surface area contributed by atoms with Crippen LogP contribution in [0.3, 0.4) is 0 Å². The van der Waals surface area contributed by atoms with Gasteiger partial charge >= 0.3 is 0 Å². The zero-order chi connectivity index (χ0) is 12.7. The molecule has 0 aliphatic heterocycles. The fraction of sp³-hybridized carbons (Fsp3) is 0.538. The van der Waals surface area contributed by atoms with Gasteiger partial charge in [0.15, 0.2) is 0 Å². The molecule has 17 heavy (non-hydrogen) atoms. The first-order chi connectivity index (χ1) is 8.17. The Morgan fingerprint density at radius 2 is 2.06 bits per heavy atom. The second-order valence-corrected chi connectivity index (χ2v) is 4.30. The summed E-state index contributed by atoms with van der Waals surface area (Å²) in [5, 5.41) is 8.85. The molecule has 0 aromatic carbocycles. The van der Waals surface area contributed by atoms with Gasteiger partial charge in [-0.15, -0.1) is 0 Å². The van der Waals surface area contributed by atoms with E-state index in [2.05, 4.69) is 41.9 Å². The van der Waals surface area contributed by atoms with Crippen molar-refractivity contribution in [2.75, 3.05) is 38.6 Å². The van der Waals surface area contributed by atoms with Crippen molar-refractivity contribution < 1.29 is 0 Å². The van der Waals surface area contributed by atoms with E-state index in [0.29, 0.717) is 5.69 Å². The first kappa shape index (κ1) is 13.5. The predicted molar refractivity (Wildman–Crippen MR) is 70.0 cm³/mol. The summed E-state index contributed by atoms with van der Waals surface area (Å²) in [5.41, 5.74) is 1.56. The Balaban J connectivity index is 2.77. The van der Waals surface area contributed by atoms with Gasteiger partial charge in [-0.1, -0.05) is 6.92 Å². The van der Waals surface area contributed by atoms with Crippen LogP contribution in [0.25, 0.3) is 0 Å². The SMILES string of the molecule is CCCN(CCN(C)C)c1ccnc(C#N)c1. The van der Waals surface area contributed by atoms with Crippen molar-refractivity contribution >= 4 is 5.69 Å². The molecule has 4 nitrogen and oxygen atoms in total. The molecule has 0 bridgehead atoms. The predicted octanol–water partition coefficient (Wildman–Crippen LogP) is 1.73. The molecule has 0 amide bonds. The normalized spacial score (nSPS) is 10.3. The van der Waals surface area contributed by atoms with Gasteiger partial charge in [0.1, 0.15) is 11.8 Å². The van der Waals surface area contributed by atoms with E-state index in [-0.39, 0.29) is 0 Å². The van der Waals surface area contributed by atoms with Crippen molar-refractivity contribution in [1.29, 1.82) is 5.26 Å². The van der Waals surface area contributed by atoms with Crippen LogP contribution >= 0.6 is 0 Å². The number of hydrogen-bond donors (Lipinski definition) is 0. The lowest BCUT2D eigenvalue weighted by Gasteiger charge is -2.25. The third kappa shape index (κ3) is 4.41. The molecule has 1 aromatic heterocycles. The van der Waals surface area contributed by atoms with E-state index >= 15 is 0 Å². The standard InChI is InChI=1S/C13H20N4/c1-4-7-17(9-8-16(2)3)13-5-6-15-12(10-13)11-14/h5-6,10H,4,7-9H2,1-3H3. The van der Waals surface area contributed by atoms with Gasteiger partial charge < -0.3 is 9.80 Å². The first-order valence-electron chi connectivity index (χ1n) is 5.93. The van der Waals surface area contributed by atoms with E-state index < -0.39 is 0 Å². The maximum atomic E-state index is 8.85. The molecule has 0 saturated heterocycles. The molecule has 0 saturated carbocycles. The molecule has 0 aliphatic carbocycles. The number of anilines is 1. The summed E-state index contributed by atoms with van der Waals surface area (Å²) in [6, 6.07) is 5.90. The molecule has 0 N–H and O–H groups in total. The van der Waals surface area contributed by atoms with Crippen LogP contribution in [0.2, 0.25) is 0 Å². The van der Waals surface area contributed by atoms with Gasteiger partial charge in [-0.2, -0.15) is 5.26 Å². The Morgan fingerprint density at radius 1 is 1.29 bits per heavy atom. The fourth-order valence-corrected chi connectivity index (χ4v) is 1.64. The third-order valence-corrected chi connectivity index (χ3v) is 2.53. The molecule has 4 heteroatoms. The summed E-state index contributed by atoms with van der Waals surface area (Å²) >= 11 is 0. The van der Waals surface area contributed by atoms with Crippen LogP contribution in [0.1, 0.15) is 19.0 Å². The highest BCUT2D eigenvalue weighted by atomic mass is 15.2. The van der Waals surface area contributed by atoms with E-state index in [4.69, 9.17) is 5.26 Å². The highest BCUT2D eigenvalue weighted by Gasteiger charge is 2.06. The van der Waals surface area contributed by atoms with Crippen molar-refractivity contribution in [2.45, 2.75) is 13.3 Å². The van der Waals surface area contributed by atoms with Gasteiger partial charge in [0.2, 0.25) is 0 Å². The number of nitrogens with zero attached hydrogens (tertiary/aromatic N) is 4. The van der Waals surface area contributed by atoms with Crippen molar-refractivity contribution in [2.24, 2.45) is 0 Å². The number of aromatic nitrogens is 1. The largest absolute Gasteiger partial charge is 0.370 e. The quantitative estimate of drug-likeness (QED) is 0.749. The highest BCUT2D eigenvalue weighted by Crippen LogP contribution is 2.14. The maximum absolute atomic E-state index is 8.85. The summed E-state index contributed by atoms with van der Waals surface area (Å²) in [5.74, 6) is 0. The van der Waals surface area contributed by atoms with Crippen LogP contribution in [0.5, 0.6) is 0 Å². The Kier molecular flexibility index (Phi) is 5.44. The van der Waals surface area contributed by atoms with Crippen molar-refractivity contribution in [3.63, 3.8) is 0 Å². The first-order valence-corrected chi connectivity index (χ1v) is 5.93. The number of hydrogen-bond acceptors (Lipinski definition) is 4. The lowest BCUT2D eigenvalue weighted by atomic mass is 10.2. The van der Waals surface area contributed by atoms with E-state index in [9.17, 15) is 0 Å². The Morgan fingerprint density at radius 3 is 2.65 bits per heavy atom. The van der Waals surface area contributed by atoms with E-state index in [1.807, 2.05) is 12.1 Å². The Labute approximate surface area is 103 Å². The van der Waals surface area contributed by atoms with E-state index in [1.165, 1.54) is 0 Å². The summed E-state index contributed by atoms with van der Waals surface area (Å²) in [4.78, 5) is 8.45. The van der Waals surface area contributed by atoms with E-state index in [1.54, 1.807) is 6.20 Å². The number of rotatable bonds is 6. The molecule has 92 valence electrons. The zero-order valence-electron chi connectivity index (χ0n) is 10.8. The van der Waals surface area contributed by atoms with Gasteiger partial charge in [-0.05, 0) is 32.6 Å². The average molecular weight is 232 g/mol. The van der Waals surface area contributed by atoms with Gasteiger partial charge in [0.25, 0.3) is 0 Å². The van der Waals surface area contributed by atoms with Gasteiger partial charge in [-0.3, -0.25) is 0 Å². The fourth-order valence-electron chi connectivity index (χ4n) is 1.64. The smallest absolute Gasteiger partial charge is 0.142 e. The molecule has 0 aliphatic rings. The van der Waals surface area contributed by atoms with Crippen LogP contribution in [0.4, 0.5) is 5.69 Å². The third-order valence-electron chi connectivity index (χ3n) is 2.53. The van der Waals surface area contributed by atoms with Crippen LogP contribution in [0.15, 0.2) is 18.3 Å². The lowest BCUT2D eigenvalue weighted by Crippen LogP contribution is -2.32. The molecule has 0 spiro atoms. The summed E-state index contributed by atoms with van der Waals surface area (Å²) in [6.07, 6.45) is 2.80. The molecule has 1 rings (SSSR count). The topological polar surface area (TPSA) is 43.2 Å². The van der Waals surface area contributed by atoms with Crippen molar-refractivity contribution in [3.8, 4) is 6.07 Å². The van der Waals surface area contributed by atoms with Crippen molar-refractivity contribution in [1.82, 2.24) is 9.88 Å².